The van der Waals surface area contributed by atoms with Gasteiger partial charge in [-0.15, -0.1) is 5.10 Å². The summed E-state index contributed by atoms with van der Waals surface area (Å²) in [7, 11) is -3.65. The van der Waals surface area contributed by atoms with Crippen LogP contribution in [-0.2, 0) is 10.0 Å². The summed E-state index contributed by atoms with van der Waals surface area (Å²) < 4.78 is 29.1. The van der Waals surface area contributed by atoms with Crippen LogP contribution in [0.2, 0.25) is 0 Å². The number of nitrogens with zero attached hydrogens (tertiary/aromatic N) is 3. The number of aromatic nitrogens is 3. The standard InChI is InChI=1S/C21H25N5O3S/c1-14-6-5-7-18(12-14)26-17(4)20(24-25-26)21(27)22-10-11-23-30(28,29)19-13-15(2)8-9-16(19)3/h5-9,12-13,23H,10-11H2,1-4H3,(H,22,27). The lowest BCUT2D eigenvalue weighted by Crippen LogP contribution is -2.35. The minimum Gasteiger partial charge on any atom is -0.349 e. The minimum absolute atomic E-state index is 0.0620. The van der Waals surface area contributed by atoms with Crippen LogP contribution in [0.25, 0.3) is 5.69 Å². The fourth-order valence-electron chi connectivity index (χ4n) is 3.06. The lowest BCUT2D eigenvalue weighted by atomic mass is 10.2. The maximum absolute atomic E-state index is 12.5. The summed E-state index contributed by atoms with van der Waals surface area (Å²) in [5.74, 6) is -0.405. The quantitative estimate of drug-likeness (QED) is 0.563. The first kappa shape index (κ1) is 21.7. The SMILES string of the molecule is Cc1cccc(-n2nnc(C(=O)NCCNS(=O)(=O)c3cc(C)ccc3C)c2C)c1. The second kappa shape index (κ2) is 8.76. The van der Waals surface area contributed by atoms with Crippen molar-refractivity contribution in [3.8, 4) is 5.69 Å². The molecule has 3 rings (SSSR count). The molecule has 0 saturated carbocycles. The van der Waals surface area contributed by atoms with Crippen LogP contribution < -0.4 is 10.0 Å². The Bertz CT molecular complexity index is 1190. The summed E-state index contributed by atoms with van der Waals surface area (Å²) >= 11 is 0. The molecule has 0 aliphatic carbocycles. The molecular weight excluding hydrogens is 402 g/mol. The first-order chi connectivity index (χ1) is 14.2. The first-order valence-corrected chi connectivity index (χ1v) is 11.0. The Hall–Kier alpha value is -3.04. The number of aryl methyl sites for hydroxylation is 3. The second-order valence-corrected chi connectivity index (χ2v) is 8.93. The Kier molecular flexibility index (Phi) is 6.33. The third kappa shape index (κ3) is 4.74. The number of rotatable bonds is 7. The molecule has 0 unspecified atom stereocenters. The van der Waals surface area contributed by atoms with Crippen LogP contribution in [-0.4, -0.2) is 42.4 Å². The summed E-state index contributed by atoms with van der Waals surface area (Å²) in [6.45, 7) is 7.51. The van der Waals surface area contributed by atoms with E-state index >= 15 is 0 Å². The van der Waals surface area contributed by atoms with Gasteiger partial charge in [0, 0.05) is 13.1 Å². The van der Waals surface area contributed by atoms with Crippen molar-refractivity contribution in [2.45, 2.75) is 32.6 Å². The Labute approximate surface area is 176 Å². The van der Waals surface area contributed by atoms with Crippen LogP contribution in [0.5, 0.6) is 0 Å². The van der Waals surface area contributed by atoms with Gasteiger partial charge in [0.05, 0.1) is 16.3 Å². The maximum Gasteiger partial charge on any atom is 0.273 e. The van der Waals surface area contributed by atoms with E-state index in [1.54, 1.807) is 30.7 Å². The summed E-state index contributed by atoms with van der Waals surface area (Å²) in [6.07, 6.45) is 0. The number of carbonyl (C=O) groups excluding carboxylic acids is 1. The molecular formula is C21H25N5O3S. The zero-order chi connectivity index (χ0) is 21.9. The lowest BCUT2D eigenvalue weighted by molar-refractivity contribution is 0.0948. The van der Waals surface area contributed by atoms with Crippen molar-refractivity contribution in [2.75, 3.05) is 13.1 Å². The van der Waals surface area contributed by atoms with Gasteiger partial charge in [0.1, 0.15) is 0 Å². The molecule has 8 nitrogen and oxygen atoms in total. The number of nitrogens with one attached hydrogen (secondary N) is 2. The molecule has 0 radical (unpaired) electrons. The predicted molar refractivity (Wildman–Crippen MR) is 114 cm³/mol. The third-order valence-electron chi connectivity index (χ3n) is 4.69. The maximum atomic E-state index is 12.5. The first-order valence-electron chi connectivity index (χ1n) is 9.53. The molecule has 1 aromatic heterocycles. The van der Waals surface area contributed by atoms with Gasteiger partial charge in [0.25, 0.3) is 5.91 Å². The molecule has 0 aliphatic rings. The smallest absolute Gasteiger partial charge is 0.273 e. The fourth-order valence-corrected chi connectivity index (χ4v) is 4.42. The lowest BCUT2D eigenvalue weighted by Gasteiger charge is -2.10. The van der Waals surface area contributed by atoms with Crippen molar-refractivity contribution in [1.82, 2.24) is 25.0 Å². The number of benzene rings is 2. The zero-order valence-electron chi connectivity index (χ0n) is 17.4. The molecule has 1 amide bonds. The molecule has 0 atom stereocenters. The van der Waals surface area contributed by atoms with Crippen LogP contribution in [0.15, 0.2) is 47.4 Å². The molecule has 0 saturated heterocycles. The van der Waals surface area contributed by atoms with E-state index in [4.69, 9.17) is 0 Å². The molecule has 2 aromatic carbocycles. The Balaban J connectivity index is 1.61. The number of carbonyl (C=O) groups is 1. The van der Waals surface area contributed by atoms with E-state index in [-0.39, 0.29) is 23.7 Å². The van der Waals surface area contributed by atoms with E-state index in [0.717, 1.165) is 16.8 Å². The highest BCUT2D eigenvalue weighted by Gasteiger charge is 2.19. The Morgan fingerprint density at radius 2 is 1.73 bits per heavy atom. The highest BCUT2D eigenvalue weighted by Crippen LogP contribution is 2.16. The number of amides is 1. The highest BCUT2D eigenvalue weighted by atomic mass is 32.2. The van der Waals surface area contributed by atoms with Gasteiger partial charge in [-0.3, -0.25) is 4.79 Å². The molecule has 0 fully saturated rings. The van der Waals surface area contributed by atoms with Gasteiger partial charge >= 0.3 is 0 Å². The molecule has 3 aromatic rings. The normalized spacial score (nSPS) is 11.5. The van der Waals surface area contributed by atoms with Crippen molar-refractivity contribution in [3.63, 3.8) is 0 Å². The number of sulfonamides is 1. The average molecular weight is 428 g/mol. The zero-order valence-corrected chi connectivity index (χ0v) is 18.2. The van der Waals surface area contributed by atoms with Crippen LogP contribution >= 0.6 is 0 Å². The highest BCUT2D eigenvalue weighted by molar-refractivity contribution is 7.89. The van der Waals surface area contributed by atoms with Crippen molar-refractivity contribution in [1.29, 1.82) is 0 Å². The largest absolute Gasteiger partial charge is 0.349 e. The van der Waals surface area contributed by atoms with E-state index < -0.39 is 15.9 Å². The summed E-state index contributed by atoms with van der Waals surface area (Å²) in [4.78, 5) is 12.7. The van der Waals surface area contributed by atoms with Gasteiger partial charge < -0.3 is 5.32 Å². The Morgan fingerprint density at radius 3 is 2.47 bits per heavy atom. The minimum atomic E-state index is -3.65. The average Bonchev–Trinajstić information content (AvgIpc) is 3.08. The number of hydrogen-bond acceptors (Lipinski definition) is 5. The van der Waals surface area contributed by atoms with Crippen LogP contribution in [0.1, 0.15) is 32.9 Å². The summed E-state index contributed by atoms with van der Waals surface area (Å²) in [5.41, 5.74) is 4.23. The van der Waals surface area contributed by atoms with Gasteiger partial charge in [-0.05, 0) is 62.6 Å². The molecule has 158 valence electrons. The van der Waals surface area contributed by atoms with E-state index in [1.807, 2.05) is 44.2 Å². The van der Waals surface area contributed by atoms with Crippen molar-refractivity contribution >= 4 is 15.9 Å². The Morgan fingerprint density at radius 1 is 1.00 bits per heavy atom. The van der Waals surface area contributed by atoms with Gasteiger partial charge in [-0.2, -0.15) is 0 Å². The summed E-state index contributed by atoms with van der Waals surface area (Å²) in [6, 6.07) is 13.0. The van der Waals surface area contributed by atoms with E-state index in [0.29, 0.717) is 11.3 Å². The molecule has 30 heavy (non-hydrogen) atoms. The van der Waals surface area contributed by atoms with Crippen LogP contribution in [0, 0.1) is 27.7 Å². The van der Waals surface area contributed by atoms with Crippen molar-refractivity contribution in [3.05, 3.63) is 70.5 Å². The van der Waals surface area contributed by atoms with Gasteiger partial charge in [0.2, 0.25) is 10.0 Å². The summed E-state index contributed by atoms with van der Waals surface area (Å²) in [5, 5.41) is 10.7. The second-order valence-electron chi connectivity index (χ2n) is 7.20. The topological polar surface area (TPSA) is 106 Å². The molecule has 1 heterocycles. The monoisotopic (exact) mass is 427 g/mol. The van der Waals surface area contributed by atoms with Crippen LogP contribution in [0.4, 0.5) is 0 Å². The van der Waals surface area contributed by atoms with Gasteiger partial charge in [0.15, 0.2) is 5.69 Å². The van der Waals surface area contributed by atoms with Gasteiger partial charge in [-0.25, -0.2) is 17.8 Å². The molecule has 2 N–H and O–H groups in total. The van der Waals surface area contributed by atoms with Gasteiger partial charge in [-0.1, -0.05) is 29.5 Å². The number of hydrogen-bond donors (Lipinski definition) is 2. The molecule has 9 heteroatoms. The predicted octanol–water partition coefficient (Wildman–Crippen LogP) is 2.21. The van der Waals surface area contributed by atoms with E-state index in [2.05, 4.69) is 20.4 Å². The molecule has 0 spiro atoms. The molecule has 0 bridgehead atoms. The van der Waals surface area contributed by atoms with Crippen molar-refractivity contribution < 1.29 is 13.2 Å². The third-order valence-corrected chi connectivity index (χ3v) is 6.29. The molecule has 0 aliphatic heterocycles. The van der Waals surface area contributed by atoms with Crippen LogP contribution in [0.3, 0.4) is 0 Å². The fraction of sp³-hybridized carbons (Fsp3) is 0.286. The van der Waals surface area contributed by atoms with Crippen molar-refractivity contribution in [2.24, 2.45) is 0 Å². The van der Waals surface area contributed by atoms with E-state index in [9.17, 15) is 13.2 Å². The van der Waals surface area contributed by atoms with E-state index in [1.165, 1.54) is 0 Å².